The molecular formula is C22H36N9O9P. The molecule has 0 saturated carbocycles. The third-order valence-corrected chi connectivity index (χ3v) is 7.09. The van der Waals surface area contributed by atoms with Gasteiger partial charge in [0, 0.05) is 37.4 Å². The Morgan fingerprint density at radius 3 is 2.93 bits per heavy atom. The Hall–Kier alpha value is -2.92. The number of nitrogens with two attached hydrogens (primary N) is 1. The second-order valence-corrected chi connectivity index (χ2v) is 10.6. The Balaban J connectivity index is 1.31. The number of aromatic nitrogens is 4. The summed E-state index contributed by atoms with van der Waals surface area (Å²) in [6.07, 6.45) is 2.07. The number of carbonyl (C=O) groups is 1. The molecule has 3 rings (SSSR count). The lowest BCUT2D eigenvalue weighted by atomic mass is 10.2. The summed E-state index contributed by atoms with van der Waals surface area (Å²) in [7, 11) is -4.63. The summed E-state index contributed by atoms with van der Waals surface area (Å²) >= 11 is 0. The van der Waals surface area contributed by atoms with Crippen LogP contribution in [0.1, 0.15) is 44.8 Å². The summed E-state index contributed by atoms with van der Waals surface area (Å²) in [6.45, 7) is -0.113. The predicted molar refractivity (Wildman–Crippen MR) is 143 cm³/mol. The number of hydrogen-bond acceptors (Lipinski definition) is 13. The normalized spacial score (nSPS) is 20.9. The van der Waals surface area contributed by atoms with Crippen molar-refractivity contribution in [2.45, 2.75) is 63.1 Å². The largest absolute Gasteiger partial charge is 0.472 e. The van der Waals surface area contributed by atoms with E-state index in [9.17, 15) is 24.5 Å². The van der Waals surface area contributed by atoms with Crippen molar-refractivity contribution >= 4 is 30.7 Å². The molecule has 1 amide bonds. The van der Waals surface area contributed by atoms with E-state index in [1.807, 2.05) is 0 Å². The number of anilines is 1. The number of nitrogen functional groups attached to an aromatic ring is 1. The molecule has 5 atom stereocenters. The summed E-state index contributed by atoms with van der Waals surface area (Å²) < 4.78 is 35.4. The third kappa shape index (κ3) is 10.5. The van der Waals surface area contributed by atoms with Crippen LogP contribution in [0.5, 0.6) is 0 Å². The predicted octanol–water partition coefficient (Wildman–Crippen LogP) is 0.945. The maximum atomic E-state index is 12.5. The van der Waals surface area contributed by atoms with E-state index in [2.05, 4.69) is 30.3 Å². The van der Waals surface area contributed by atoms with E-state index < -0.39 is 45.6 Å². The Labute approximate surface area is 235 Å². The number of amides is 1. The topological polar surface area (TPSA) is 262 Å². The van der Waals surface area contributed by atoms with Gasteiger partial charge >= 0.3 is 7.82 Å². The Kier molecular flexibility index (Phi) is 13.1. The number of nitrogens with one attached hydrogen (secondary N) is 1. The number of nitrogens with zero attached hydrogens (tertiary/aromatic N) is 7. The fraction of sp³-hybridized carbons (Fsp3) is 0.727. The zero-order valence-corrected chi connectivity index (χ0v) is 23.3. The van der Waals surface area contributed by atoms with Gasteiger partial charge < -0.3 is 35.6 Å². The lowest BCUT2D eigenvalue weighted by Crippen LogP contribution is -2.28. The number of rotatable bonds is 19. The van der Waals surface area contributed by atoms with Crippen LogP contribution >= 0.6 is 7.82 Å². The Morgan fingerprint density at radius 1 is 1.32 bits per heavy atom. The summed E-state index contributed by atoms with van der Waals surface area (Å²) in [4.78, 5) is 36.8. The number of unbranched alkanes of at least 4 members (excludes halogenated alkanes) is 2. The minimum absolute atomic E-state index is 0.0775. The fourth-order valence-corrected chi connectivity index (χ4v) is 5.04. The van der Waals surface area contributed by atoms with Gasteiger partial charge in [-0.3, -0.25) is 18.4 Å². The first-order chi connectivity index (χ1) is 19.7. The zero-order chi connectivity index (χ0) is 29.7. The smallest absolute Gasteiger partial charge is 0.394 e. The van der Waals surface area contributed by atoms with Crippen LogP contribution < -0.4 is 11.1 Å². The van der Waals surface area contributed by atoms with Crippen LogP contribution in [0, 0.1) is 0 Å². The van der Waals surface area contributed by atoms with Crippen molar-refractivity contribution in [3.05, 3.63) is 23.1 Å². The van der Waals surface area contributed by atoms with Crippen molar-refractivity contribution in [3.63, 3.8) is 0 Å². The number of azide groups is 1. The molecule has 18 nitrogen and oxygen atoms in total. The molecule has 1 aliphatic heterocycles. The molecule has 0 aromatic carbocycles. The van der Waals surface area contributed by atoms with Crippen LogP contribution in [0.25, 0.3) is 21.6 Å². The molecular weight excluding hydrogens is 565 g/mol. The van der Waals surface area contributed by atoms with E-state index in [-0.39, 0.29) is 31.4 Å². The molecule has 1 aliphatic rings. The maximum Gasteiger partial charge on any atom is 0.472 e. The molecule has 3 heterocycles. The average molecular weight is 602 g/mol. The number of aliphatic hydroxyl groups excluding tert-OH is 2. The molecule has 0 bridgehead atoms. The van der Waals surface area contributed by atoms with Crippen molar-refractivity contribution in [2.75, 3.05) is 45.3 Å². The second-order valence-electron chi connectivity index (χ2n) is 9.24. The molecule has 0 spiro atoms. The maximum absolute atomic E-state index is 12.5. The van der Waals surface area contributed by atoms with Crippen LogP contribution in [0.4, 0.5) is 5.82 Å². The summed E-state index contributed by atoms with van der Waals surface area (Å²) in [5.74, 6) is 0.101. The third-order valence-electron chi connectivity index (χ3n) is 6.08. The van der Waals surface area contributed by atoms with Crippen LogP contribution in [0.3, 0.4) is 0 Å². The van der Waals surface area contributed by atoms with Gasteiger partial charge in [0.05, 0.1) is 26.1 Å². The van der Waals surface area contributed by atoms with Gasteiger partial charge in [-0.2, -0.15) is 0 Å². The van der Waals surface area contributed by atoms with Gasteiger partial charge in [-0.15, -0.1) is 0 Å². The quantitative estimate of drug-likeness (QED) is 0.0494. The van der Waals surface area contributed by atoms with Crippen molar-refractivity contribution in [1.82, 2.24) is 24.8 Å². The molecule has 2 aromatic rings. The summed E-state index contributed by atoms with van der Waals surface area (Å²) in [5, 5.41) is 26.0. The number of carbonyl (C=O) groups excluding carboxylic acids is 1. The fourth-order valence-electron chi connectivity index (χ4n) is 4.06. The average Bonchev–Trinajstić information content (AvgIpc) is 3.55. The number of phosphoric ester groups is 1. The minimum Gasteiger partial charge on any atom is -0.394 e. The molecule has 0 aliphatic carbocycles. The number of ether oxygens (including phenoxy) is 2. The van der Waals surface area contributed by atoms with Crippen molar-refractivity contribution < 1.29 is 43.0 Å². The van der Waals surface area contributed by atoms with E-state index in [0.717, 1.165) is 12.8 Å². The standard InChI is InChI=1S/C22H36N9O9P/c23-21-20-22(27-13-26-21)31(14-28-20)19-9-16(17(10-32)39-19)40-41(35,36)38-12-15(33)11-37-8-4-6-25-18(34)5-2-1-3-7-29-30-24/h13-17,19,32-33H,1-12H2,(H,25,34)(H,35,36)(H2,23,26,27)/t15?,16-,17-,19-/m1/s1. The van der Waals surface area contributed by atoms with Crippen LogP contribution in [0.2, 0.25) is 0 Å². The first-order valence-corrected chi connectivity index (χ1v) is 14.6. The van der Waals surface area contributed by atoms with Crippen LogP contribution in [-0.2, 0) is 27.9 Å². The molecule has 6 N–H and O–H groups in total. The highest BCUT2D eigenvalue weighted by molar-refractivity contribution is 7.47. The Morgan fingerprint density at radius 2 is 2.15 bits per heavy atom. The molecule has 0 radical (unpaired) electrons. The van der Waals surface area contributed by atoms with Gasteiger partial charge in [-0.1, -0.05) is 11.5 Å². The van der Waals surface area contributed by atoms with Crippen molar-refractivity contribution in [1.29, 1.82) is 0 Å². The van der Waals surface area contributed by atoms with Crippen molar-refractivity contribution in [2.24, 2.45) is 5.11 Å². The zero-order valence-electron chi connectivity index (χ0n) is 22.4. The summed E-state index contributed by atoms with van der Waals surface area (Å²) in [6, 6.07) is 0. The molecule has 2 aromatic heterocycles. The van der Waals surface area contributed by atoms with E-state index in [1.54, 1.807) is 4.57 Å². The van der Waals surface area contributed by atoms with Gasteiger partial charge in [-0.05, 0) is 24.8 Å². The Bertz CT molecular complexity index is 1210. The van der Waals surface area contributed by atoms with Gasteiger partial charge in [0.15, 0.2) is 11.5 Å². The lowest BCUT2D eigenvalue weighted by molar-refractivity contribution is -0.121. The van der Waals surface area contributed by atoms with Crippen molar-refractivity contribution in [3.8, 4) is 0 Å². The molecule has 228 valence electrons. The number of aliphatic hydroxyl groups is 2. The van der Waals surface area contributed by atoms with E-state index in [1.165, 1.54) is 12.7 Å². The van der Waals surface area contributed by atoms with E-state index >= 15 is 0 Å². The molecule has 1 fully saturated rings. The second kappa shape index (κ2) is 16.5. The molecule has 1 saturated heterocycles. The minimum atomic E-state index is -4.63. The van der Waals surface area contributed by atoms with E-state index in [4.69, 9.17) is 29.8 Å². The van der Waals surface area contributed by atoms with Gasteiger partial charge in [0.1, 0.15) is 36.4 Å². The van der Waals surface area contributed by atoms with E-state index in [0.29, 0.717) is 43.5 Å². The monoisotopic (exact) mass is 601 g/mol. The molecule has 2 unspecified atom stereocenters. The van der Waals surface area contributed by atoms with Crippen LogP contribution in [-0.4, -0.2) is 98.4 Å². The highest BCUT2D eigenvalue weighted by atomic mass is 31.2. The number of hydrogen-bond donors (Lipinski definition) is 5. The number of imidazole rings is 1. The van der Waals surface area contributed by atoms with Crippen LogP contribution in [0.15, 0.2) is 17.8 Å². The number of phosphoric acid groups is 1. The number of fused-ring (bicyclic) bond motifs is 1. The lowest BCUT2D eigenvalue weighted by Gasteiger charge is -2.20. The van der Waals surface area contributed by atoms with Gasteiger partial charge in [-0.25, -0.2) is 19.5 Å². The van der Waals surface area contributed by atoms with Gasteiger partial charge in [0.2, 0.25) is 5.91 Å². The summed E-state index contributed by atoms with van der Waals surface area (Å²) in [5.41, 5.74) is 14.8. The molecule has 41 heavy (non-hydrogen) atoms. The highest BCUT2D eigenvalue weighted by Gasteiger charge is 2.42. The SMILES string of the molecule is [N-]=[N+]=NCCCCCC(=O)NCCCOCC(O)COP(=O)(O)O[C@@H]1C[C@H](n2cnc3c(N)ncnc32)O[C@@H]1CO. The first-order valence-electron chi connectivity index (χ1n) is 13.1. The first kappa shape index (κ1) is 32.6. The molecule has 19 heteroatoms. The highest BCUT2D eigenvalue weighted by Crippen LogP contribution is 2.48. The van der Waals surface area contributed by atoms with Gasteiger partial charge in [0.25, 0.3) is 0 Å².